The van der Waals surface area contributed by atoms with Gasteiger partial charge in [0, 0.05) is 11.3 Å². The van der Waals surface area contributed by atoms with E-state index in [1.165, 1.54) is 46.2 Å². The van der Waals surface area contributed by atoms with Gasteiger partial charge in [-0.1, -0.05) is 64.1 Å². The van der Waals surface area contributed by atoms with Crippen molar-refractivity contribution in [2.24, 2.45) is 11.8 Å². The fourth-order valence-corrected chi connectivity index (χ4v) is 6.06. The first-order chi connectivity index (χ1) is 13.5. The van der Waals surface area contributed by atoms with Crippen molar-refractivity contribution >= 4 is 18.5 Å². The number of hydrogen-bond donors (Lipinski definition) is 0. The van der Waals surface area contributed by atoms with Crippen LogP contribution in [0.25, 0.3) is 0 Å². The Bertz CT molecular complexity index is 683. The fourth-order valence-electron chi connectivity index (χ4n) is 4.72. The van der Waals surface area contributed by atoms with Gasteiger partial charge in [-0.2, -0.15) is 0 Å². The molecule has 0 radical (unpaired) electrons. The van der Waals surface area contributed by atoms with Gasteiger partial charge in [0.1, 0.15) is 0 Å². The monoisotopic (exact) mass is 412 g/mol. The van der Waals surface area contributed by atoms with E-state index in [9.17, 15) is 0 Å². The van der Waals surface area contributed by atoms with Crippen molar-refractivity contribution < 1.29 is 0 Å². The van der Waals surface area contributed by atoms with Gasteiger partial charge in [-0.25, -0.2) is 0 Å². The number of aryl methyl sites for hydroxylation is 4. The minimum absolute atomic E-state index is 0.568. The van der Waals surface area contributed by atoms with Gasteiger partial charge in [0.2, 0.25) is 0 Å². The highest BCUT2D eigenvalue weighted by Crippen LogP contribution is 2.55. The number of rotatable bonds is 8. The average molecular weight is 413 g/mol. The molecule has 2 aromatic carbocycles. The molecule has 2 heteroatoms. The van der Waals surface area contributed by atoms with Crippen LogP contribution in [0.3, 0.4) is 0 Å². The lowest BCUT2D eigenvalue weighted by Gasteiger charge is -2.44. The highest BCUT2D eigenvalue weighted by Gasteiger charge is 2.39. The Morgan fingerprint density at radius 3 is 1.11 bits per heavy atom. The predicted octanol–water partition coefficient (Wildman–Crippen LogP) is 7.50. The zero-order chi connectivity index (χ0) is 20.3. The fraction of sp³-hybridized carbons (Fsp3) is 0.538. The molecule has 1 aliphatic rings. The highest BCUT2D eigenvalue weighted by atomic mass is 31.0. The smallest absolute Gasteiger partial charge is 0.00168 e. The molecule has 4 unspecified atom stereocenters. The third kappa shape index (κ3) is 4.71. The molecule has 3 rings (SSSR count). The van der Waals surface area contributed by atoms with E-state index in [4.69, 9.17) is 0 Å². The van der Waals surface area contributed by atoms with Gasteiger partial charge in [-0.05, 0) is 83.7 Å². The molecule has 0 spiro atoms. The van der Waals surface area contributed by atoms with Gasteiger partial charge in [-0.3, -0.25) is 0 Å². The van der Waals surface area contributed by atoms with Crippen molar-refractivity contribution in [1.82, 2.24) is 0 Å². The minimum Gasteiger partial charge on any atom is -0.129 e. The molecule has 0 amide bonds. The maximum atomic E-state index is 3.20. The summed E-state index contributed by atoms with van der Waals surface area (Å²) in [7, 11) is 6.41. The summed E-state index contributed by atoms with van der Waals surface area (Å²) in [5.41, 5.74) is 10.2. The van der Waals surface area contributed by atoms with E-state index in [0.717, 1.165) is 37.5 Å². The van der Waals surface area contributed by atoms with Crippen molar-refractivity contribution in [2.75, 3.05) is 0 Å². The van der Waals surface area contributed by atoms with Crippen molar-refractivity contribution in [2.45, 2.75) is 77.5 Å². The normalized spacial score (nSPS) is 21.2. The van der Waals surface area contributed by atoms with Crippen molar-refractivity contribution in [1.29, 1.82) is 0 Å². The van der Waals surface area contributed by atoms with E-state index < -0.39 is 0 Å². The zero-order valence-corrected chi connectivity index (χ0v) is 20.5. The quantitative estimate of drug-likeness (QED) is 0.394. The molecule has 2 aromatic rings. The molecule has 1 fully saturated rings. The number of hydrogen-bond acceptors (Lipinski definition) is 0. The SMILES string of the molecule is CCc1cc(CC)cc(C(P)[C@@H]2CC[C@H]2C(P)c2cc(CC)cc(CC)c2)c1. The lowest BCUT2D eigenvalue weighted by atomic mass is 9.67. The molecule has 0 aromatic heterocycles. The van der Waals surface area contributed by atoms with Crippen LogP contribution in [0.1, 0.15) is 85.2 Å². The van der Waals surface area contributed by atoms with Crippen molar-refractivity contribution in [3.05, 3.63) is 69.8 Å². The van der Waals surface area contributed by atoms with Crippen molar-refractivity contribution in [3.8, 4) is 0 Å². The summed E-state index contributed by atoms with van der Waals surface area (Å²) in [4.78, 5) is 0. The highest BCUT2D eigenvalue weighted by molar-refractivity contribution is 7.17. The second kappa shape index (κ2) is 9.87. The van der Waals surface area contributed by atoms with E-state index in [2.05, 4.69) is 82.6 Å². The summed E-state index contributed by atoms with van der Waals surface area (Å²) in [5.74, 6) is 1.53. The topological polar surface area (TPSA) is 0 Å². The van der Waals surface area contributed by atoms with Crippen LogP contribution in [0.2, 0.25) is 0 Å². The Labute approximate surface area is 177 Å². The van der Waals surface area contributed by atoms with Crippen LogP contribution in [0.4, 0.5) is 0 Å². The Kier molecular flexibility index (Phi) is 7.75. The summed E-state index contributed by atoms with van der Waals surface area (Å²) in [5, 5.41) is 0. The summed E-state index contributed by atoms with van der Waals surface area (Å²) in [6.07, 6.45) is 7.22. The van der Waals surface area contributed by atoms with E-state index >= 15 is 0 Å². The van der Waals surface area contributed by atoms with Crippen LogP contribution in [0, 0.1) is 11.8 Å². The Balaban J connectivity index is 1.82. The van der Waals surface area contributed by atoms with Gasteiger partial charge in [0.05, 0.1) is 0 Å². The first-order valence-electron chi connectivity index (χ1n) is 11.3. The average Bonchev–Trinajstić information content (AvgIpc) is 2.71. The summed E-state index contributed by atoms with van der Waals surface area (Å²) in [6, 6.07) is 14.6. The molecular weight excluding hydrogens is 374 g/mol. The summed E-state index contributed by atoms with van der Waals surface area (Å²) < 4.78 is 0. The Morgan fingerprint density at radius 1 is 0.607 bits per heavy atom. The molecule has 0 nitrogen and oxygen atoms in total. The molecule has 1 aliphatic carbocycles. The minimum atomic E-state index is 0.568. The van der Waals surface area contributed by atoms with Crippen LogP contribution in [0.15, 0.2) is 36.4 Å². The van der Waals surface area contributed by atoms with E-state index in [0.29, 0.717) is 11.3 Å². The molecule has 0 bridgehead atoms. The van der Waals surface area contributed by atoms with Crippen LogP contribution in [0.5, 0.6) is 0 Å². The van der Waals surface area contributed by atoms with Gasteiger partial charge in [0.15, 0.2) is 0 Å². The molecule has 28 heavy (non-hydrogen) atoms. The Hall–Kier alpha value is -0.700. The van der Waals surface area contributed by atoms with Gasteiger partial charge < -0.3 is 0 Å². The maximum absolute atomic E-state index is 3.20. The molecule has 0 heterocycles. The third-order valence-electron chi connectivity index (χ3n) is 6.86. The van der Waals surface area contributed by atoms with Crippen molar-refractivity contribution in [3.63, 3.8) is 0 Å². The number of benzene rings is 2. The second-order valence-electron chi connectivity index (χ2n) is 8.54. The van der Waals surface area contributed by atoms with Crippen LogP contribution in [-0.4, -0.2) is 0 Å². The van der Waals surface area contributed by atoms with E-state index in [1.54, 1.807) is 0 Å². The molecule has 0 aliphatic heterocycles. The van der Waals surface area contributed by atoms with Crippen LogP contribution < -0.4 is 0 Å². The molecular formula is C26H38P2. The summed E-state index contributed by atoms with van der Waals surface area (Å²) in [6.45, 7) is 9.08. The van der Waals surface area contributed by atoms with Gasteiger partial charge in [-0.15, -0.1) is 18.5 Å². The lowest BCUT2D eigenvalue weighted by molar-refractivity contribution is 0.167. The summed E-state index contributed by atoms with van der Waals surface area (Å²) >= 11 is 0. The van der Waals surface area contributed by atoms with E-state index in [1.807, 2.05) is 0 Å². The molecule has 0 saturated heterocycles. The van der Waals surface area contributed by atoms with Crippen LogP contribution in [-0.2, 0) is 25.7 Å². The Morgan fingerprint density at radius 2 is 0.893 bits per heavy atom. The van der Waals surface area contributed by atoms with Gasteiger partial charge in [0.25, 0.3) is 0 Å². The van der Waals surface area contributed by atoms with Crippen LogP contribution >= 0.6 is 18.5 Å². The zero-order valence-electron chi connectivity index (χ0n) is 18.2. The standard InChI is InChI=1S/C26H38P2/c1-5-17-11-18(6-2)14-21(13-17)25(27)23-9-10-24(23)26(28)22-15-19(7-3)12-20(8-4)16-22/h11-16,23-26H,5-10,27-28H2,1-4H3/t23-,24-,25?,26?/m1/s1. The predicted molar refractivity (Wildman–Crippen MR) is 132 cm³/mol. The first-order valence-corrected chi connectivity index (χ1v) is 12.6. The maximum Gasteiger partial charge on any atom is 0.00168 e. The van der Waals surface area contributed by atoms with Gasteiger partial charge >= 0.3 is 0 Å². The lowest BCUT2D eigenvalue weighted by Crippen LogP contribution is -2.32. The largest absolute Gasteiger partial charge is 0.129 e. The van der Waals surface area contributed by atoms with E-state index in [-0.39, 0.29) is 0 Å². The first kappa shape index (κ1) is 22.0. The third-order valence-corrected chi connectivity index (χ3v) is 8.62. The molecule has 6 atom stereocenters. The second-order valence-corrected chi connectivity index (χ2v) is 9.97. The molecule has 1 saturated carbocycles. The molecule has 152 valence electrons. The molecule has 0 N–H and O–H groups in total.